The van der Waals surface area contributed by atoms with Crippen molar-refractivity contribution in [1.29, 1.82) is 0 Å². The summed E-state index contributed by atoms with van der Waals surface area (Å²) in [4.78, 5) is 0.949. The number of hydrogen-bond acceptors (Lipinski definition) is 18. The zero-order valence-electron chi connectivity index (χ0n) is 29.1. The summed E-state index contributed by atoms with van der Waals surface area (Å²) in [5.74, 6) is -0.274. The molecule has 0 amide bonds. The molecule has 55 heavy (non-hydrogen) atoms. The number of nitrogens with one attached hydrogen (secondary N) is 1. The largest absolute Gasteiger partial charge is 0.506 e. The van der Waals surface area contributed by atoms with E-state index in [0.717, 1.165) is 34.5 Å². The average molecular weight is 782 g/mol. The Morgan fingerprint density at radius 3 is 2.00 bits per heavy atom. The first-order chi connectivity index (χ1) is 26.7. The summed E-state index contributed by atoms with van der Waals surface area (Å²) in [6.45, 7) is 3.86. The molecule has 0 spiro atoms. The van der Waals surface area contributed by atoms with Crippen LogP contribution in [0.25, 0.3) is 10.8 Å². The molecule has 5 N–H and O–H groups in total. The number of phenols is 2. The minimum atomic E-state index is -0.289. The minimum Gasteiger partial charge on any atom is -0.506 e. The van der Waals surface area contributed by atoms with Gasteiger partial charge in [-0.25, -0.2) is 10.5 Å². The topological polar surface area (TPSA) is 213 Å². The molecule has 0 atom stereocenters. The van der Waals surface area contributed by atoms with Crippen LogP contribution >= 0.6 is 24.1 Å². The van der Waals surface area contributed by atoms with E-state index >= 15 is 0 Å². The summed E-state index contributed by atoms with van der Waals surface area (Å²) < 4.78 is 14.6. The Morgan fingerprint density at radius 2 is 1.27 bits per heavy atom. The molecule has 0 bridgehead atoms. The van der Waals surface area contributed by atoms with Crippen LogP contribution in [0, 0.1) is 13.8 Å². The highest BCUT2D eigenvalue weighted by Crippen LogP contribution is 2.46. The quantitative estimate of drug-likeness (QED) is 0.0285. The summed E-state index contributed by atoms with van der Waals surface area (Å²) >= 11 is 1.44. The third-order valence-electron chi connectivity index (χ3n) is 7.80. The van der Waals surface area contributed by atoms with Gasteiger partial charge in [-0.15, -0.1) is 24.0 Å². The molecule has 0 aliphatic heterocycles. The number of aryl methyl sites for hydroxylation is 2. The number of nitrogens with zero attached hydrogens (tertiary/aromatic N) is 6. The lowest BCUT2D eigenvalue weighted by atomic mass is 10.1. The Hall–Kier alpha value is -5.96. The molecule has 6 aromatic rings. The Morgan fingerprint density at radius 1 is 0.600 bits per heavy atom. The lowest BCUT2D eigenvalue weighted by Gasteiger charge is -2.12. The number of phenolic OH excluding ortho intramolecular Hbond substituents is 2. The third kappa shape index (κ3) is 9.97. The molecule has 280 valence electrons. The number of anilines is 2. The van der Waals surface area contributed by atoms with E-state index in [1.54, 1.807) is 54.6 Å². The van der Waals surface area contributed by atoms with E-state index < -0.39 is 0 Å². The fraction of sp³-hybridized carbons (Fsp3) is 0.0811. The molecule has 0 aromatic heterocycles. The maximum Gasteiger partial charge on any atom is 0.152 e. The SMILES string of the molecule is COc1cc(N=Nc2c(SOOO)cc3cc(Nc4ccc(C)cc4)ccc3c2O)c(O)cc1N=Nc1ccc(N=Nc2ccc(SOOO)cc2)c(C)c1. The van der Waals surface area contributed by atoms with Crippen molar-refractivity contribution in [2.45, 2.75) is 23.6 Å². The maximum absolute atomic E-state index is 11.3. The van der Waals surface area contributed by atoms with Crippen molar-refractivity contribution in [2.75, 3.05) is 12.4 Å². The molecule has 6 aromatic carbocycles. The number of fused-ring (bicyclic) bond motifs is 1. The van der Waals surface area contributed by atoms with Crippen molar-refractivity contribution in [1.82, 2.24) is 0 Å². The predicted molar refractivity (Wildman–Crippen MR) is 206 cm³/mol. The second-order valence-corrected chi connectivity index (χ2v) is 13.0. The number of benzene rings is 6. The van der Waals surface area contributed by atoms with Crippen LogP contribution < -0.4 is 10.1 Å². The average Bonchev–Trinajstić information content (AvgIpc) is 3.19. The number of hydrogen-bond donors (Lipinski definition) is 5. The molecule has 0 unspecified atom stereocenters. The predicted octanol–water partition coefficient (Wildman–Crippen LogP) is 12.7. The summed E-state index contributed by atoms with van der Waals surface area (Å²) in [5, 5.41) is 76.6. The van der Waals surface area contributed by atoms with Gasteiger partial charge in [0.25, 0.3) is 0 Å². The summed E-state index contributed by atoms with van der Waals surface area (Å²) in [7, 11) is 1.43. The smallest absolute Gasteiger partial charge is 0.152 e. The van der Waals surface area contributed by atoms with Crippen molar-refractivity contribution in [3.8, 4) is 17.2 Å². The van der Waals surface area contributed by atoms with Crippen LogP contribution in [0.3, 0.4) is 0 Å². The Bertz CT molecular complexity index is 2380. The van der Waals surface area contributed by atoms with E-state index in [4.69, 9.17) is 15.3 Å². The fourth-order valence-corrected chi connectivity index (χ4v) is 5.93. The Kier molecular flexibility index (Phi) is 13.0. The van der Waals surface area contributed by atoms with Gasteiger partial charge in [0.15, 0.2) is 5.75 Å². The highest BCUT2D eigenvalue weighted by molar-refractivity contribution is 7.94. The molecule has 0 fully saturated rings. The normalized spacial score (nSPS) is 11.7. The molecule has 0 saturated heterocycles. The summed E-state index contributed by atoms with van der Waals surface area (Å²) in [5.41, 5.74) is 5.53. The highest BCUT2D eigenvalue weighted by Gasteiger charge is 2.17. The molecular weight excluding hydrogens is 751 g/mol. The number of aromatic hydroxyl groups is 2. The first-order valence-corrected chi connectivity index (χ1v) is 17.5. The van der Waals surface area contributed by atoms with E-state index in [9.17, 15) is 10.2 Å². The van der Waals surface area contributed by atoms with Crippen LogP contribution in [-0.2, 0) is 18.7 Å². The molecule has 6 rings (SSSR count). The number of methoxy groups -OCH3 is 1. The standard InChI is InChI=1S/C37H31N7O9S2/c1-21-4-6-24(7-5-21)38-26-10-14-29-23(17-26)18-35(55-53-51-48)36(37(29)46)44-42-31-20-34(49-3)32(19-33(31)45)43-40-27-11-15-30(22(2)16-27)41-39-25-8-12-28(13-9-25)54-52-50-47/h4-20,38,45-48H,1-3H3. The van der Waals surface area contributed by atoms with Gasteiger partial charge in [0, 0.05) is 33.8 Å². The highest BCUT2D eigenvalue weighted by atomic mass is 32.2. The first-order valence-electron chi connectivity index (χ1n) is 16.0. The molecule has 16 nitrogen and oxygen atoms in total. The third-order valence-corrected chi connectivity index (χ3v) is 9.02. The van der Waals surface area contributed by atoms with Crippen molar-refractivity contribution in [2.24, 2.45) is 30.7 Å². The van der Waals surface area contributed by atoms with Gasteiger partial charge in [-0.3, -0.25) is 0 Å². The number of rotatable bonds is 15. The van der Waals surface area contributed by atoms with Crippen LogP contribution in [0.2, 0.25) is 0 Å². The second kappa shape index (κ2) is 18.4. The number of azo groups is 3. The molecule has 0 aliphatic rings. The molecule has 0 saturated carbocycles. The summed E-state index contributed by atoms with van der Waals surface area (Å²) in [6, 6.07) is 29.9. The van der Waals surface area contributed by atoms with Crippen molar-refractivity contribution >= 4 is 80.4 Å². The monoisotopic (exact) mass is 781 g/mol. The maximum atomic E-state index is 11.3. The van der Waals surface area contributed by atoms with E-state index in [0.29, 0.717) is 44.8 Å². The lowest BCUT2D eigenvalue weighted by Crippen LogP contribution is -1.91. The van der Waals surface area contributed by atoms with Gasteiger partial charge in [-0.05, 0) is 104 Å². The Balaban J connectivity index is 1.20. The van der Waals surface area contributed by atoms with Crippen LogP contribution in [0.4, 0.5) is 45.5 Å². The Labute approximate surface area is 321 Å². The van der Waals surface area contributed by atoms with Gasteiger partial charge in [0.05, 0.1) is 53.2 Å². The van der Waals surface area contributed by atoms with E-state index in [1.165, 1.54) is 19.2 Å². The first kappa shape index (κ1) is 38.8. The van der Waals surface area contributed by atoms with Crippen molar-refractivity contribution in [3.05, 3.63) is 114 Å². The zero-order chi connectivity index (χ0) is 38.7. The van der Waals surface area contributed by atoms with Crippen LogP contribution in [0.5, 0.6) is 17.2 Å². The van der Waals surface area contributed by atoms with Crippen molar-refractivity contribution in [3.63, 3.8) is 0 Å². The van der Waals surface area contributed by atoms with Crippen LogP contribution in [0.15, 0.2) is 144 Å². The van der Waals surface area contributed by atoms with Crippen LogP contribution in [-0.4, -0.2) is 27.8 Å². The second-order valence-electron chi connectivity index (χ2n) is 11.5. The lowest BCUT2D eigenvalue weighted by molar-refractivity contribution is -0.432. The van der Waals surface area contributed by atoms with E-state index in [1.807, 2.05) is 50.2 Å². The van der Waals surface area contributed by atoms with Gasteiger partial charge < -0.3 is 20.3 Å². The van der Waals surface area contributed by atoms with Gasteiger partial charge in [-0.2, -0.15) is 15.3 Å². The van der Waals surface area contributed by atoms with Gasteiger partial charge in [0.1, 0.15) is 28.6 Å². The fourth-order valence-electron chi connectivity index (χ4n) is 5.08. The van der Waals surface area contributed by atoms with Gasteiger partial charge in [-0.1, -0.05) is 27.8 Å². The molecule has 18 heteroatoms. The van der Waals surface area contributed by atoms with E-state index in [-0.39, 0.29) is 39.2 Å². The van der Waals surface area contributed by atoms with Crippen LogP contribution in [0.1, 0.15) is 11.1 Å². The molecule has 0 heterocycles. The minimum absolute atomic E-state index is 0.00818. The van der Waals surface area contributed by atoms with Crippen molar-refractivity contribution < 1.29 is 44.2 Å². The van der Waals surface area contributed by atoms with Gasteiger partial charge >= 0.3 is 0 Å². The molecule has 0 aliphatic carbocycles. The van der Waals surface area contributed by atoms with Gasteiger partial charge in [0.2, 0.25) is 0 Å². The zero-order valence-corrected chi connectivity index (χ0v) is 30.8. The number of ether oxygens (including phenoxy) is 1. The molecule has 0 radical (unpaired) electrons. The summed E-state index contributed by atoms with van der Waals surface area (Å²) in [6.07, 6.45) is 0. The van der Waals surface area contributed by atoms with E-state index in [2.05, 4.69) is 54.7 Å². The molecular formula is C37H31N7O9S2.